The zero-order chi connectivity index (χ0) is 13.1. The maximum Gasteiger partial charge on any atom is 0.258 e. The van der Waals surface area contributed by atoms with Gasteiger partial charge >= 0.3 is 0 Å². The van der Waals surface area contributed by atoms with Crippen LogP contribution >= 0.6 is 15.9 Å². The number of rotatable bonds is 2. The summed E-state index contributed by atoms with van der Waals surface area (Å²) < 4.78 is 14.1. The summed E-state index contributed by atoms with van der Waals surface area (Å²) in [5, 5.41) is 11.8. The van der Waals surface area contributed by atoms with Crippen molar-refractivity contribution in [2.24, 2.45) is 0 Å². The molecular weight excluding hydrogens is 301 g/mol. The summed E-state index contributed by atoms with van der Waals surface area (Å²) in [5.41, 5.74) is 0.340. The third kappa shape index (κ3) is 2.87. The Bertz CT molecular complexity index is 601. The fraction of sp³-hybridized carbons (Fsp3) is 0. The zero-order valence-electron chi connectivity index (χ0n) is 9.15. The molecule has 0 aliphatic rings. The molecule has 0 fully saturated rings. The summed E-state index contributed by atoms with van der Waals surface area (Å²) in [5.74, 6) is -1.14. The fourth-order valence-electron chi connectivity index (χ4n) is 1.45. The molecule has 2 aromatic carbocycles. The Morgan fingerprint density at radius 2 is 2.00 bits per heavy atom. The Morgan fingerprint density at radius 3 is 2.72 bits per heavy atom. The first-order valence-electron chi connectivity index (χ1n) is 5.12. The maximum atomic E-state index is 13.5. The molecule has 0 spiro atoms. The van der Waals surface area contributed by atoms with Gasteiger partial charge in [0.05, 0.1) is 5.56 Å². The third-order valence-electron chi connectivity index (χ3n) is 2.28. The van der Waals surface area contributed by atoms with Crippen molar-refractivity contribution in [2.45, 2.75) is 0 Å². The van der Waals surface area contributed by atoms with Crippen LogP contribution < -0.4 is 5.32 Å². The van der Waals surface area contributed by atoms with Gasteiger partial charge in [0.2, 0.25) is 0 Å². The second-order valence-electron chi connectivity index (χ2n) is 3.63. The van der Waals surface area contributed by atoms with Gasteiger partial charge in [-0.3, -0.25) is 4.79 Å². The van der Waals surface area contributed by atoms with Crippen LogP contribution in [-0.4, -0.2) is 11.0 Å². The fourth-order valence-corrected chi connectivity index (χ4v) is 1.81. The smallest absolute Gasteiger partial charge is 0.258 e. The zero-order valence-corrected chi connectivity index (χ0v) is 10.7. The van der Waals surface area contributed by atoms with Crippen LogP contribution in [0.1, 0.15) is 10.4 Å². The maximum absolute atomic E-state index is 13.5. The highest BCUT2D eigenvalue weighted by Gasteiger charge is 2.12. The van der Waals surface area contributed by atoms with Crippen molar-refractivity contribution in [1.82, 2.24) is 0 Å². The predicted octanol–water partition coefficient (Wildman–Crippen LogP) is 3.55. The molecule has 0 aromatic heterocycles. The lowest BCUT2D eigenvalue weighted by Crippen LogP contribution is -2.13. The van der Waals surface area contributed by atoms with Crippen molar-refractivity contribution in [3.05, 3.63) is 58.3 Å². The van der Waals surface area contributed by atoms with Crippen molar-refractivity contribution in [2.75, 3.05) is 5.32 Å². The van der Waals surface area contributed by atoms with Crippen molar-refractivity contribution >= 4 is 27.5 Å². The van der Waals surface area contributed by atoms with Crippen LogP contribution in [0.2, 0.25) is 0 Å². The van der Waals surface area contributed by atoms with Gasteiger partial charge in [0.15, 0.2) is 0 Å². The van der Waals surface area contributed by atoms with Crippen LogP contribution in [0.5, 0.6) is 5.75 Å². The van der Waals surface area contributed by atoms with E-state index in [1.165, 1.54) is 30.3 Å². The Balaban J connectivity index is 2.24. The Kier molecular flexibility index (Phi) is 3.62. The van der Waals surface area contributed by atoms with Crippen molar-refractivity contribution in [1.29, 1.82) is 0 Å². The molecule has 5 heteroatoms. The normalized spacial score (nSPS) is 10.1. The average molecular weight is 310 g/mol. The number of phenols is 1. The van der Waals surface area contributed by atoms with E-state index in [4.69, 9.17) is 0 Å². The predicted molar refractivity (Wildman–Crippen MR) is 70.2 cm³/mol. The summed E-state index contributed by atoms with van der Waals surface area (Å²) in [4.78, 5) is 11.8. The van der Waals surface area contributed by atoms with E-state index in [9.17, 15) is 14.3 Å². The van der Waals surface area contributed by atoms with Gasteiger partial charge < -0.3 is 10.4 Å². The molecule has 0 radical (unpaired) electrons. The lowest BCUT2D eigenvalue weighted by Gasteiger charge is -2.06. The number of hydrogen-bond acceptors (Lipinski definition) is 2. The van der Waals surface area contributed by atoms with Crippen LogP contribution in [0.25, 0.3) is 0 Å². The highest BCUT2D eigenvalue weighted by Crippen LogP contribution is 2.19. The second kappa shape index (κ2) is 5.18. The van der Waals surface area contributed by atoms with E-state index in [1.54, 1.807) is 12.1 Å². The Hall–Kier alpha value is -1.88. The third-order valence-corrected chi connectivity index (χ3v) is 2.77. The number of nitrogens with one attached hydrogen (secondary N) is 1. The number of benzene rings is 2. The van der Waals surface area contributed by atoms with Gasteiger partial charge in [-0.2, -0.15) is 0 Å². The van der Waals surface area contributed by atoms with Gasteiger partial charge in [0.1, 0.15) is 11.6 Å². The molecule has 0 bridgehead atoms. The van der Waals surface area contributed by atoms with Gasteiger partial charge in [-0.15, -0.1) is 0 Å². The topological polar surface area (TPSA) is 49.3 Å². The molecule has 0 unspecified atom stereocenters. The number of hydrogen-bond donors (Lipinski definition) is 2. The number of aromatic hydroxyl groups is 1. The first-order chi connectivity index (χ1) is 8.56. The largest absolute Gasteiger partial charge is 0.508 e. The van der Waals surface area contributed by atoms with Gasteiger partial charge in [-0.1, -0.05) is 22.0 Å². The minimum Gasteiger partial charge on any atom is -0.508 e. The molecule has 2 aromatic rings. The standard InChI is InChI=1S/C13H9BrFNO2/c14-8-4-5-12(15)11(6-8)13(18)16-9-2-1-3-10(17)7-9/h1-7,17H,(H,16,18). The number of carbonyl (C=O) groups excluding carboxylic acids is 1. The van der Waals surface area contributed by atoms with Crippen molar-refractivity contribution in [3.8, 4) is 5.75 Å². The molecular formula is C13H9BrFNO2. The summed E-state index contributed by atoms with van der Waals surface area (Å²) in [6.07, 6.45) is 0. The molecule has 0 heterocycles. The van der Waals surface area contributed by atoms with E-state index >= 15 is 0 Å². The first kappa shape index (κ1) is 12.6. The highest BCUT2D eigenvalue weighted by atomic mass is 79.9. The van der Waals surface area contributed by atoms with Crippen molar-refractivity contribution in [3.63, 3.8) is 0 Å². The van der Waals surface area contributed by atoms with Gasteiger partial charge in [-0.05, 0) is 30.3 Å². The van der Waals surface area contributed by atoms with Crippen LogP contribution in [0.3, 0.4) is 0 Å². The monoisotopic (exact) mass is 309 g/mol. The van der Waals surface area contributed by atoms with Crippen LogP contribution in [0.4, 0.5) is 10.1 Å². The number of halogens is 2. The molecule has 18 heavy (non-hydrogen) atoms. The molecule has 0 aliphatic heterocycles. The molecule has 3 nitrogen and oxygen atoms in total. The molecule has 0 saturated carbocycles. The average Bonchev–Trinajstić information content (AvgIpc) is 2.32. The molecule has 1 amide bonds. The van der Waals surface area contributed by atoms with E-state index in [0.717, 1.165) is 0 Å². The minimum absolute atomic E-state index is 0.0301. The summed E-state index contributed by atoms with van der Waals surface area (Å²) >= 11 is 3.17. The number of phenolic OH excluding ortho intramolecular Hbond substituents is 1. The lowest BCUT2D eigenvalue weighted by molar-refractivity contribution is 0.102. The SMILES string of the molecule is O=C(Nc1cccc(O)c1)c1cc(Br)ccc1F. The summed E-state index contributed by atoms with van der Waals surface area (Å²) in [7, 11) is 0. The Labute approximate surface area is 111 Å². The van der Waals surface area contributed by atoms with E-state index in [1.807, 2.05) is 0 Å². The molecule has 2 N–H and O–H groups in total. The van der Waals surface area contributed by atoms with E-state index in [-0.39, 0.29) is 11.3 Å². The molecule has 2 rings (SSSR count). The van der Waals surface area contributed by atoms with Crippen LogP contribution in [-0.2, 0) is 0 Å². The quantitative estimate of drug-likeness (QED) is 0.891. The number of carbonyl (C=O) groups is 1. The lowest BCUT2D eigenvalue weighted by atomic mass is 10.2. The highest BCUT2D eigenvalue weighted by molar-refractivity contribution is 9.10. The van der Waals surface area contributed by atoms with Gasteiger partial charge in [0.25, 0.3) is 5.91 Å². The van der Waals surface area contributed by atoms with Crippen molar-refractivity contribution < 1.29 is 14.3 Å². The summed E-state index contributed by atoms with van der Waals surface area (Å²) in [6, 6.07) is 10.2. The molecule has 0 saturated heterocycles. The van der Waals surface area contributed by atoms with Crippen LogP contribution in [0.15, 0.2) is 46.9 Å². The van der Waals surface area contributed by atoms with E-state index in [0.29, 0.717) is 10.2 Å². The number of anilines is 1. The summed E-state index contributed by atoms with van der Waals surface area (Å²) in [6.45, 7) is 0. The first-order valence-corrected chi connectivity index (χ1v) is 5.91. The van der Waals surface area contributed by atoms with E-state index in [2.05, 4.69) is 21.2 Å². The van der Waals surface area contributed by atoms with Gasteiger partial charge in [0, 0.05) is 16.2 Å². The Morgan fingerprint density at radius 1 is 1.22 bits per heavy atom. The molecule has 0 atom stereocenters. The minimum atomic E-state index is -0.601. The molecule has 0 aliphatic carbocycles. The second-order valence-corrected chi connectivity index (χ2v) is 4.54. The molecule has 92 valence electrons. The number of amides is 1. The van der Waals surface area contributed by atoms with E-state index < -0.39 is 11.7 Å². The van der Waals surface area contributed by atoms with Crippen LogP contribution in [0, 0.1) is 5.82 Å². The van der Waals surface area contributed by atoms with Gasteiger partial charge in [-0.25, -0.2) is 4.39 Å².